The van der Waals surface area contributed by atoms with Crippen LogP contribution in [0.3, 0.4) is 0 Å². The lowest BCUT2D eigenvalue weighted by molar-refractivity contribution is 0.865. The Labute approximate surface area is 58.5 Å². The highest BCUT2D eigenvalue weighted by Gasteiger charge is 2.01. The topological polar surface area (TPSA) is 107 Å². The van der Waals surface area contributed by atoms with Crippen LogP contribution in [0.4, 0.5) is 0 Å². The quantitative estimate of drug-likeness (QED) is 0.424. The van der Waals surface area contributed by atoms with Gasteiger partial charge in [-0.15, -0.1) is 5.10 Å². The van der Waals surface area contributed by atoms with Gasteiger partial charge in [-0.25, -0.2) is 9.89 Å². The predicted molar refractivity (Wildman–Crippen MR) is 35.1 cm³/mol. The monoisotopic (exact) mass is 156 g/mol. The third-order valence-electron chi connectivity index (χ3n) is 1.24. The van der Waals surface area contributed by atoms with Crippen LogP contribution in [-0.4, -0.2) is 25.4 Å². The Morgan fingerprint density at radius 1 is 1.18 bits per heavy atom. The van der Waals surface area contributed by atoms with E-state index in [0.717, 1.165) is 0 Å². The molecule has 56 valence electrons. The Morgan fingerprint density at radius 3 is 2.73 bits per heavy atom. The summed E-state index contributed by atoms with van der Waals surface area (Å²) in [4.78, 5) is 26.0. The van der Waals surface area contributed by atoms with E-state index in [2.05, 4.69) is 25.4 Å². The van der Waals surface area contributed by atoms with Gasteiger partial charge in [0.2, 0.25) is 0 Å². The molecule has 0 fully saturated rings. The first-order valence-electron chi connectivity index (χ1n) is 2.81. The number of rotatable bonds is 0. The summed E-state index contributed by atoms with van der Waals surface area (Å²) in [6.45, 7) is 0. The van der Waals surface area contributed by atoms with E-state index >= 15 is 0 Å². The molecule has 7 nitrogen and oxygen atoms in total. The van der Waals surface area contributed by atoms with E-state index < -0.39 is 11.2 Å². The van der Waals surface area contributed by atoms with Gasteiger partial charge < -0.3 is 0 Å². The first-order valence-corrected chi connectivity index (χ1v) is 2.81. The lowest BCUT2D eigenvalue weighted by Crippen LogP contribution is -2.09. The van der Waals surface area contributed by atoms with Gasteiger partial charge in [-0.1, -0.05) is 5.21 Å². The predicted octanol–water partition coefficient (Wildman–Crippen LogP) is -1.67. The summed E-state index contributed by atoms with van der Waals surface area (Å²) in [7, 11) is 0. The zero-order valence-electron chi connectivity index (χ0n) is 5.21. The second kappa shape index (κ2) is 1.78. The molecule has 2 rings (SSSR count). The minimum atomic E-state index is -0.467. The molecule has 0 aliphatic carbocycles. The van der Waals surface area contributed by atoms with E-state index in [9.17, 15) is 9.59 Å². The van der Waals surface area contributed by atoms with Crippen LogP contribution in [0.15, 0.2) is 9.59 Å². The maximum atomic E-state index is 10.8. The van der Waals surface area contributed by atoms with Crippen LogP contribution in [0.2, 0.25) is 0 Å². The molecule has 11 heavy (non-hydrogen) atoms. The Kier molecular flexibility index (Phi) is 0.945. The molecule has 3 N–H and O–H groups in total. The Morgan fingerprint density at radius 2 is 2.00 bits per heavy atom. The van der Waals surface area contributed by atoms with Gasteiger partial charge in [-0.3, -0.25) is 14.8 Å². The van der Waals surface area contributed by atoms with Gasteiger partial charge in [-0.05, 0) is 0 Å². The second-order valence-electron chi connectivity index (χ2n) is 1.94. The van der Waals surface area contributed by atoms with Gasteiger partial charge in [0.25, 0.3) is 5.56 Å². The molecule has 0 unspecified atom stereocenters. The van der Waals surface area contributed by atoms with Gasteiger partial charge >= 0.3 is 5.69 Å². The molecule has 0 aromatic carbocycles. The van der Waals surface area contributed by atoms with Crippen molar-refractivity contribution in [2.45, 2.75) is 0 Å². The largest absolute Gasteiger partial charge is 0.325 e. The van der Waals surface area contributed by atoms with Crippen LogP contribution in [0.25, 0.3) is 11.2 Å². The van der Waals surface area contributed by atoms with Gasteiger partial charge in [0.15, 0.2) is 11.2 Å². The fourth-order valence-electron chi connectivity index (χ4n) is 0.790. The van der Waals surface area contributed by atoms with Crippen molar-refractivity contribution in [2.24, 2.45) is 0 Å². The summed E-state index contributed by atoms with van der Waals surface area (Å²) >= 11 is 0. The highest BCUT2D eigenvalue weighted by molar-refractivity contribution is 5.66. The van der Waals surface area contributed by atoms with Crippen molar-refractivity contribution in [1.82, 2.24) is 25.4 Å². The summed E-state index contributed by atoms with van der Waals surface area (Å²) in [5.74, 6) is 0. The number of aromatic nitrogens is 5. The molecule has 2 heterocycles. The highest BCUT2D eigenvalue weighted by Crippen LogP contribution is 1.89. The Bertz CT molecular complexity index is 491. The van der Waals surface area contributed by atoms with Gasteiger partial charge in [0.05, 0.1) is 0 Å². The summed E-state index contributed by atoms with van der Waals surface area (Å²) in [5.41, 5.74) is -0.650. The molecule has 0 aliphatic rings. The van der Waals surface area contributed by atoms with Crippen LogP contribution >= 0.6 is 0 Å². The van der Waals surface area contributed by atoms with Gasteiger partial charge in [0, 0.05) is 0 Å². The maximum Gasteiger partial charge on any atom is 0.325 e. The van der Waals surface area contributed by atoms with Gasteiger partial charge in [0.1, 0.15) is 0 Å². The van der Waals surface area contributed by atoms with Crippen molar-refractivity contribution in [3.05, 3.63) is 20.8 Å². The molecule has 0 aliphatic heterocycles. The number of hydrogen-bond donors (Lipinski definition) is 3. The molecule has 0 saturated heterocycles. The first-order chi connectivity index (χ1) is 5.27. The zero-order chi connectivity index (χ0) is 7.84. The van der Waals surface area contributed by atoms with Gasteiger partial charge in [-0.2, -0.15) is 0 Å². The maximum absolute atomic E-state index is 10.8. The summed E-state index contributed by atoms with van der Waals surface area (Å²) in [5, 5.41) is 8.80. The number of imidazole rings is 1. The zero-order valence-corrected chi connectivity index (χ0v) is 5.21. The van der Waals surface area contributed by atoms with Crippen molar-refractivity contribution < 1.29 is 0 Å². The second-order valence-corrected chi connectivity index (χ2v) is 1.94. The van der Waals surface area contributed by atoms with Crippen LogP contribution in [0, 0.1) is 0 Å². The number of hydrogen-bond acceptors (Lipinski definition) is 4. The molecule has 0 amide bonds. The number of fused-ring (bicyclic) bond motifs is 1. The van der Waals surface area contributed by atoms with E-state index in [1.54, 1.807) is 0 Å². The third-order valence-corrected chi connectivity index (χ3v) is 1.24. The van der Waals surface area contributed by atoms with Crippen molar-refractivity contribution in [1.29, 1.82) is 0 Å². The molecule has 2 aromatic heterocycles. The molecular formula is C4H3N5O2. The lowest BCUT2D eigenvalue weighted by atomic mass is 11.3. The average molecular weight is 156 g/mol. The molecule has 2 aromatic rings. The van der Waals surface area contributed by atoms with E-state index in [1.807, 2.05) is 0 Å². The molecule has 0 atom stereocenters. The summed E-state index contributed by atoms with van der Waals surface area (Å²) < 4.78 is 0. The molecule has 0 bridgehead atoms. The minimum absolute atomic E-state index is 0.116. The van der Waals surface area contributed by atoms with Crippen molar-refractivity contribution in [2.75, 3.05) is 0 Å². The fourth-order valence-corrected chi connectivity index (χ4v) is 0.790. The van der Waals surface area contributed by atoms with E-state index in [4.69, 9.17) is 0 Å². The van der Waals surface area contributed by atoms with Crippen LogP contribution in [-0.2, 0) is 0 Å². The number of H-pyrrole nitrogens is 3. The van der Waals surface area contributed by atoms with E-state index in [-0.39, 0.29) is 11.2 Å². The Hall–Kier alpha value is -1.92. The summed E-state index contributed by atoms with van der Waals surface area (Å²) in [6, 6.07) is 0. The Balaban J connectivity index is 3.14. The number of nitrogens with zero attached hydrogens (tertiary/aromatic N) is 2. The molecular weight excluding hydrogens is 153 g/mol. The third kappa shape index (κ3) is 0.741. The highest BCUT2D eigenvalue weighted by atomic mass is 16.2. The van der Waals surface area contributed by atoms with E-state index in [1.165, 1.54) is 0 Å². The SMILES string of the molecule is O=c1[nH][13c]2nn[nH][13c](=O)[13c]2[nH]1. The fraction of sp³-hybridized carbons (Fsp3) is 0. The van der Waals surface area contributed by atoms with Crippen LogP contribution < -0.4 is 11.2 Å². The number of nitrogens with one attached hydrogen (secondary N) is 3. The molecule has 0 radical (unpaired) electrons. The van der Waals surface area contributed by atoms with Crippen molar-refractivity contribution >= 4 is 11.2 Å². The first kappa shape index (κ1) is 5.83. The molecule has 7 heteroatoms. The molecule has 0 spiro atoms. The van der Waals surface area contributed by atoms with Crippen LogP contribution in [0.1, 0.15) is 0 Å². The normalized spacial score (nSPS) is 10.5. The number of aromatic amines is 3. The molecule has 0 saturated carbocycles. The smallest absolute Gasteiger partial charge is 0.300 e. The average Bonchev–Trinajstić information content (AvgIpc) is 2.31. The van der Waals surface area contributed by atoms with Crippen molar-refractivity contribution in [3.8, 4) is 0 Å². The minimum Gasteiger partial charge on any atom is -0.300 e. The van der Waals surface area contributed by atoms with Crippen molar-refractivity contribution in [3.63, 3.8) is 0 Å². The lowest BCUT2D eigenvalue weighted by Gasteiger charge is -1.80. The van der Waals surface area contributed by atoms with E-state index in [0.29, 0.717) is 0 Å². The standard InChI is InChI=1S/C4H3N5O2/c10-3-1-2(7-9-8-3)6-4(11)5-1/h(H3,5,6,7,8,10,11)/i1+1,2+1,3+1. The van der Waals surface area contributed by atoms with Crippen LogP contribution in [0.5, 0.6) is 0 Å². The summed E-state index contributed by atoms with van der Waals surface area (Å²) in [6.07, 6.45) is 0.